The van der Waals surface area contributed by atoms with Crippen LogP contribution < -0.4 is 4.74 Å². The molecule has 19 aromatic carbocycles. The standard InChI is InChI=1S/C104H62O4/c1-2-60(54-69-55-68-47-46-62-48-50-87-75-30-14-16-45-94(75)108-104(87)99(62)102(68)105-69)63-24-17-26-66(52-63)97-80-33-7-11-37-84(80)101(85-38-12-8-34-81(85)97)77-43-21-39-71-72(77)40-20-41-73(71)90-59-96-91(92-58-89-65(56-95(92)106-96)49-51-86-74-29-13-15-44-93(74)107-103(86)89)57-88(90)64-25-18-27-67(53-64)98-78-31-5-9-35-82(78)100(83-36-10-6-32-79(83)98)76-42-19-23-61-22-3-4-28-70(61)76/h2-54,56-59H,55H2,1H3/b60-2+,69-54+. The molecule has 0 bridgehead atoms. The van der Waals surface area contributed by atoms with Gasteiger partial charge < -0.3 is 18.0 Å². The van der Waals surface area contributed by atoms with Crippen LogP contribution in [-0.4, -0.2) is 0 Å². The SMILES string of the molecule is C/C=C(\C=C1/Cc2ccc3ccc4c5ccccc5oc4c3c2O1)c1cccc(-c2c3ccccc3c(-c3cccc4c(-c5cc6oc7cc8ccc9c%10ccccc%10oc9c8cc7c6cc5-c5cccc(-c6c7ccccc7c(-c7cccc8ccccc78)c7ccccc67)c5)cccc34)c3ccccc23)c1. The summed E-state index contributed by atoms with van der Waals surface area (Å²) in [6, 6.07) is 123. The minimum atomic E-state index is 0.683. The summed E-state index contributed by atoms with van der Waals surface area (Å²) in [4.78, 5) is 0. The summed E-state index contributed by atoms with van der Waals surface area (Å²) in [6.45, 7) is 2.12. The number of para-hydroxylation sites is 2. The van der Waals surface area contributed by atoms with Crippen LogP contribution in [0, 0.1) is 0 Å². The fourth-order valence-electron chi connectivity index (χ4n) is 18.4. The Hall–Kier alpha value is -14.1. The fourth-order valence-corrected chi connectivity index (χ4v) is 18.4. The normalized spacial score (nSPS) is 13.2. The van der Waals surface area contributed by atoms with Gasteiger partial charge in [0.05, 0.1) is 5.39 Å². The van der Waals surface area contributed by atoms with Gasteiger partial charge in [-0.1, -0.05) is 279 Å². The third-order valence-corrected chi connectivity index (χ3v) is 23.2. The summed E-state index contributed by atoms with van der Waals surface area (Å²) in [5, 5.41) is 25.1. The minimum absolute atomic E-state index is 0.683. The van der Waals surface area contributed by atoms with Crippen molar-refractivity contribution in [2.75, 3.05) is 0 Å². The summed E-state index contributed by atoms with van der Waals surface area (Å²) < 4.78 is 27.4. The second-order valence-corrected chi connectivity index (χ2v) is 29.0. The Kier molecular flexibility index (Phi) is 13.1. The van der Waals surface area contributed by atoms with Crippen molar-refractivity contribution in [3.8, 4) is 72.5 Å². The van der Waals surface area contributed by atoms with E-state index in [2.05, 4.69) is 335 Å². The van der Waals surface area contributed by atoms with E-state index in [0.29, 0.717) is 6.42 Å². The Labute approximate surface area is 620 Å². The van der Waals surface area contributed by atoms with Gasteiger partial charge in [-0.05, 0) is 227 Å². The maximum Gasteiger partial charge on any atom is 0.147 e. The quantitative estimate of drug-likeness (QED) is 0.142. The molecule has 0 saturated carbocycles. The molecule has 1 aliphatic heterocycles. The number of hydrogen-bond donors (Lipinski definition) is 0. The molecule has 3 aromatic heterocycles. The lowest BCUT2D eigenvalue weighted by molar-refractivity contribution is 0.451. The predicted molar refractivity (Wildman–Crippen MR) is 453 cm³/mol. The first-order chi connectivity index (χ1) is 53.5. The highest BCUT2D eigenvalue weighted by Crippen LogP contribution is 2.52. The van der Waals surface area contributed by atoms with Crippen LogP contribution in [0.15, 0.2) is 365 Å². The lowest BCUT2D eigenvalue weighted by atomic mass is 9.83. The second-order valence-electron chi connectivity index (χ2n) is 29.0. The number of furan rings is 3. The van der Waals surface area contributed by atoms with E-state index in [0.717, 1.165) is 160 Å². The highest BCUT2D eigenvalue weighted by Gasteiger charge is 2.27. The maximum absolute atomic E-state index is 7.15. The van der Waals surface area contributed by atoms with Crippen LogP contribution in [0.5, 0.6) is 5.75 Å². The van der Waals surface area contributed by atoms with Crippen LogP contribution >= 0.6 is 0 Å². The van der Waals surface area contributed by atoms with E-state index in [9.17, 15) is 0 Å². The van der Waals surface area contributed by atoms with Gasteiger partial charge in [-0.15, -0.1) is 0 Å². The van der Waals surface area contributed by atoms with E-state index >= 15 is 0 Å². The number of rotatable bonds is 8. The van der Waals surface area contributed by atoms with Crippen LogP contribution in [0.25, 0.3) is 224 Å². The first-order valence-corrected chi connectivity index (χ1v) is 37.2. The molecular weight excluding hydrogens is 1310 g/mol. The number of fused-ring (bicyclic) bond motifs is 21. The number of allylic oxidation sites excluding steroid dienone is 4. The minimum Gasteiger partial charge on any atom is -0.460 e. The van der Waals surface area contributed by atoms with Gasteiger partial charge in [0, 0.05) is 49.7 Å². The van der Waals surface area contributed by atoms with Crippen molar-refractivity contribution in [1.82, 2.24) is 0 Å². The van der Waals surface area contributed by atoms with Gasteiger partial charge in [0.15, 0.2) is 0 Å². The average Bonchev–Trinajstić information content (AvgIpc) is 0.938. The largest absolute Gasteiger partial charge is 0.460 e. The Morgan fingerprint density at radius 1 is 0.269 bits per heavy atom. The van der Waals surface area contributed by atoms with E-state index in [4.69, 9.17) is 18.0 Å². The summed E-state index contributed by atoms with van der Waals surface area (Å²) in [7, 11) is 0. The lowest BCUT2D eigenvalue weighted by Gasteiger charge is -2.20. The monoisotopic (exact) mass is 1370 g/mol. The van der Waals surface area contributed by atoms with Gasteiger partial charge in [-0.2, -0.15) is 0 Å². The molecule has 0 fully saturated rings. The van der Waals surface area contributed by atoms with Crippen molar-refractivity contribution >= 4 is 158 Å². The van der Waals surface area contributed by atoms with Gasteiger partial charge in [0.2, 0.25) is 0 Å². The van der Waals surface area contributed by atoms with Crippen molar-refractivity contribution < 1.29 is 18.0 Å². The van der Waals surface area contributed by atoms with Crippen LogP contribution in [0.1, 0.15) is 18.1 Å². The number of hydrogen-bond acceptors (Lipinski definition) is 4. The summed E-state index contributed by atoms with van der Waals surface area (Å²) in [5.41, 5.74) is 22.4. The van der Waals surface area contributed by atoms with Crippen LogP contribution in [0.3, 0.4) is 0 Å². The first kappa shape index (κ1) is 60.4. The predicted octanol–water partition coefficient (Wildman–Crippen LogP) is 29.5. The van der Waals surface area contributed by atoms with Crippen LogP contribution in [0.4, 0.5) is 0 Å². The zero-order valence-corrected chi connectivity index (χ0v) is 58.7. The second kappa shape index (κ2) is 23.5. The molecule has 0 aliphatic carbocycles. The summed E-state index contributed by atoms with van der Waals surface area (Å²) in [6.07, 6.45) is 5.11. The maximum atomic E-state index is 7.15. The van der Waals surface area contributed by atoms with Crippen molar-refractivity contribution in [3.63, 3.8) is 0 Å². The third-order valence-electron chi connectivity index (χ3n) is 23.2. The Morgan fingerprint density at radius 2 is 0.741 bits per heavy atom. The van der Waals surface area contributed by atoms with E-state index in [1.165, 1.54) is 87.2 Å². The van der Waals surface area contributed by atoms with E-state index in [-0.39, 0.29) is 0 Å². The summed E-state index contributed by atoms with van der Waals surface area (Å²) >= 11 is 0. The smallest absolute Gasteiger partial charge is 0.147 e. The molecule has 0 spiro atoms. The first-order valence-electron chi connectivity index (χ1n) is 37.2. The topological polar surface area (TPSA) is 48.7 Å². The van der Waals surface area contributed by atoms with Crippen molar-refractivity contribution in [2.24, 2.45) is 0 Å². The van der Waals surface area contributed by atoms with Crippen LogP contribution in [-0.2, 0) is 6.42 Å². The number of ether oxygens (including phenoxy) is 1. The van der Waals surface area contributed by atoms with Crippen molar-refractivity contribution in [2.45, 2.75) is 13.3 Å². The molecule has 0 N–H and O–H groups in total. The third kappa shape index (κ3) is 9.04. The molecule has 4 nitrogen and oxygen atoms in total. The molecule has 1 aliphatic rings. The molecule has 4 heterocycles. The molecule has 0 unspecified atom stereocenters. The molecule has 4 heteroatoms. The Bertz CT molecular complexity index is 7640. The van der Waals surface area contributed by atoms with Gasteiger partial charge in [0.25, 0.3) is 0 Å². The average molecular weight is 1380 g/mol. The van der Waals surface area contributed by atoms with Gasteiger partial charge in [-0.25, -0.2) is 0 Å². The summed E-state index contributed by atoms with van der Waals surface area (Å²) in [5.74, 6) is 1.78. The van der Waals surface area contributed by atoms with E-state index in [1.807, 2.05) is 18.2 Å². The Morgan fingerprint density at radius 3 is 1.40 bits per heavy atom. The Balaban J connectivity index is 0.687. The zero-order chi connectivity index (χ0) is 70.8. The molecule has 22 aromatic rings. The molecule has 23 rings (SSSR count). The molecule has 0 saturated heterocycles. The number of benzene rings is 19. The van der Waals surface area contributed by atoms with Gasteiger partial charge in [-0.3, -0.25) is 0 Å². The molecule has 0 atom stereocenters. The molecular formula is C104H62O4. The highest BCUT2D eigenvalue weighted by atomic mass is 16.5. The fraction of sp³-hybridized carbons (Fsp3) is 0.0192. The van der Waals surface area contributed by atoms with E-state index in [1.54, 1.807) is 0 Å². The van der Waals surface area contributed by atoms with Crippen LogP contribution in [0.2, 0.25) is 0 Å². The zero-order valence-electron chi connectivity index (χ0n) is 58.7. The molecule has 0 amide bonds. The highest BCUT2D eigenvalue weighted by molar-refractivity contribution is 6.27. The van der Waals surface area contributed by atoms with Crippen molar-refractivity contribution in [1.29, 1.82) is 0 Å². The van der Waals surface area contributed by atoms with E-state index < -0.39 is 0 Å². The van der Waals surface area contributed by atoms with Crippen molar-refractivity contribution in [3.05, 3.63) is 363 Å². The van der Waals surface area contributed by atoms with Gasteiger partial charge in [0.1, 0.15) is 45.0 Å². The van der Waals surface area contributed by atoms with Gasteiger partial charge >= 0.3 is 0 Å². The molecule has 0 radical (unpaired) electrons. The molecule has 502 valence electrons. The molecule has 108 heavy (non-hydrogen) atoms. The lowest BCUT2D eigenvalue weighted by Crippen LogP contribution is -1.94.